The zero-order valence-corrected chi connectivity index (χ0v) is 19.4. The van der Waals surface area contributed by atoms with Crippen molar-refractivity contribution in [2.45, 2.75) is 66.2 Å². The van der Waals surface area contributed by atoms with Gasteiger partial charge in [0.25, 0.3) is 0 Å². The van der Waals surface area contributed by atoms with Crippen LogP contribution in [0.15, 0.2) is 0 Å². The lowest BCUT2D eigenvalue weighted by Crippen LogP contribution is -2.45. The Morgan fingerprint density at radius 3 is 2.52 bits per heavy atom. The Morgan fingerprint density at radius 2 is 1.93 bits per heavy atom. The molecule has 3 atom stereocenters. The van der Waals surface area contributed by atoms with Crippen molar-refractivity contribution in [2.75, 3.05) is 30.9 Å². The maximum Gasteiger partial charge on any atom is 0.227 e. The summed E-state index contributed by atoms with van der Waals surface area (Å²) in [7, 11) is 3.76. The van der Waals surface area contributed by atoms with Crippen LogP contribution in [0, 0.1) is 12.7 Å². The van der Waals surface area contributed by atoms with E-state index < -0.39 is 5.82 Å². The van der Waals surface area contributed by atoms with Crippen molar-refractivity contribution in [3.8, 4) is 5.88 Å². The molecule has 162 valence electrons. The van der Waals surface area contributed by atoms with Crippen LogP contribution in [0.5, 0.6) is 5.88 Å². The predicted octanol–water partition coefficient (Wildman–Crippen LogP) is 4.77. The van der Waals surface area contributed by atoms with Crippen molar-refractivity contribution in [2.24, 2.45) is 0 Å². The van der Waals surface area contributed by atoms with Gasteiger partial charge in [0.2, 0.25) is 5.88 Å². The summed E-state index contributed by atoms with van der Waals surface area (Å²) >= 11 is 6.08. The van der Waals surface area contributed by atoms with E-state index in [-0.39, 0.29) is 17.3 Å². The van der Waals surface area contributed by atoms with E-state index in [1.54, 1.807) is 0 Å². The molecule has 3 unspecified atom stereocenters. The second-order valence-electron chi connectivity index (χ2n) is 7.37. The maximum absolute atomic E-state index is 14.9. The highest BCUT2D eigenvalue weighted by atomic mass is 35.5. The van der Waals surface area contributed by atoms with Crippen molar-refractivity contribution in [1.29, 1.82) is 0 Å². The fourth-order valence-corrected chi connectivity index (χ4v) is 3.48. The monoisotopic (exact) mass is 425 g/mol. The molecule has 2 aromatic rings. The van der Waals surface area contributed by atoms with Gasteiger partial charge in [-0.05, 0) is 27.2 Å². The molecule has 2 aromatic heterocycles. The van der Waals surface area contributed by atoms with Gasteiger partial charge in [0.1, 0.15) is 17.7 Å². The van der Waals surface area contributed by atoms with Crippen LogP contribution in [0.3, 0.4) is 0 Å². The van der Waals surface area contributed by atoms with Gasteiger partial charge in [-0.15, -0.1) is 0 Å². The molecule has 1 aliphatic heterocycles. The Hall–Kier alpha value is -1.86. The van der Waals surface area contributed by atoms with E-state index in [4.69, 9.17) is 21.3 Å². The molecule has 8 heteroatoms. The molecule has 29 heavy (non-hydrogen) atoms. The first-order valence-electron chi connectivity index (χ1n) is 10.3. The molecule has 0 bridgehead atoms. The lowest BCUT2D eigenvalue weighted by atomic mass is 10.1. The number of hydrogen-bond acceptors (Lipinski definition) is 6. The third-order valence-corrected chi connectivity index (χ3v) is 5.39. The first-order valence-corrected chi connectivity index (χ1v) is 10.7. The summed E-state index contributed by atoms with van der Waals surface area (Å²) in [5.74, 6) is 1.02. The summed E-state index contributed by atoms with van der Waals surface area (Å²) in [5.41, 5.74) is 0.705. The predicted molar refractivity (Wildman–Crippen MR) is 120 cm³/mol. The van der Waals surface area contributed by atoms with Crippen LogP contribution in [0.25, 0.3) is 10.8 Å². The molecule has 3 rings (SSSR count). The number of hydrogen-bond donors (Lipinski definition) is 2. The van der Waals surface area contributed by atoms with Crippen molar-refractivity contribution in [1.82, 2.24) is 15.3 Å². The molecule has 3 heterocycles. The van der Waals surface area contributed by atoms with E-state index in [1.165, 1.54) is 0 Å². The van der Waals surface area contributed by atoms with E-state index in [2.05, 4.69) is 29.5 Å². The maximum atomic E-state index is 14.9. The summed E-state index contributed by atoms with van der Waals surface area (Å²) in [4.78, 5) is 10.8. The third-order valence-electron chi connectivity index (χ3n) is 5.14. The Balaban J connectivity index is 0.00000145. The molecule has 0 radical (unpaired) electrons. The molecule has 0 aliphatic carbocycles. The van der Waals surface area contributed by atoms with E-state index in [0.717, 1.165) is 6.42 Å². The molecule has 0 spiro atoms. The lowest BCUT2D eigenvalue weighted by molar-refractivity contribution is 0.191. The normalized spacial score (nSPS) is 18.8. The smallest absolute Gasteiger partial charge is 0.227 e. The summed E-state index contributed by atoms with van der Waals surface area (Å²) in [6, 6.07) is 0.335. The van der Waals surface area contributed by atoms with E-state index >= 15 is 0 Å². The van der Waals surface area contributed by atoms with Crippen molar-refractivity contribution < 1.29 is 9.13 Å². The van der Waals surface area contributed by atoms with Crippen molar-refractivity contribution in [3.63, 3.8) is 0 Å². The Kier molecular flexibility index (Phi) is 7.88. The molecule has 0 saturated heterocycles. The number of aryl methyl sites for hydroxylation is 1. The van der Waals surface area contributed by atoms with Gasteiger partial charge in [-0.2, -0.15) is 4.98 Å². The highest BCUT2D eigenvalue weighted by Gasteiger charge is 2.30. The van der Waals surface area contributed by atoms with Crippen LogP contribution < -0.4 is 20.3 Å². The van der Waals surface area contributed by atoms with Gasteiger partial charge in [-0.3, -0.25) is 0 Å². The molecule has 6 nitrogen and oxygen atoms in total. The van der Waals surface area contributed by atoms with E-state index in [9.17, 15) is 4.39 Å². The quantitative estimate of drug-likeness (QED) is 0.672. The first kappa shape index (κ1) is 23.4. The number of pyridine rings is 2. The van der Waals surface area contributed by atoms with Gasteiger partial charge < -0.3 is 20.3 Å². The second kappa shape index (κ2) is 9.76. The number of ether oxygens (including phenoxy) is 1. The standard InChI is InChI=1S/C19H27ClFN5O.C2H6/c1-7-9(2)22-8-12-11(4)27-19-14-13(15(21)16(20)24-19)10(3)18(26(5)6)25-17(14)23-12;1-2/h9,11-12,22H,7-8H2,1-6H3,(H,23,25);1-2H3. The van der Waals surface area contributed by atoms with Crippen LogP contribution in [-0.4, -0.2) is 48.8 Å². The summed E-state index contributed by atoms with van der Waals surface area (Å²) < 4.78 is 21.0. The van der Waals surface area contributed by atoms with Crippen LogP contribution in [0.2, 0.25) is 5.15 Å². The number of halogens is 2. The minimum Gasteiger partial charge on any atom is -0.472 e. The van der Waals surface area contributed by atoms with Crippen LogP contribution in [0.1, 0.15) is 46.6 Å². The van der Waals surface area contributed by atoms with Gasteiger partial charge in [-0.1, -0.05) is 32.4 Å². The van der Waals surface area contributed by atoms with Crippen LogP contribution in [-0.2, 0) is 0 Å². The van der Waals surface area contributed by atoms with Gasteiger partial charge in [0.05, 0.1) is 11.4 Å². The molecule has 2 N–H and O–H groups in total. The first-order chi connectivity index (χ1) is 13.7. The van der Waals surface area contributed by atoms with Gasteiger partial charge in [-0.25, -0.2) is 9.37 Å². The number of anilines is 2. The molecule has 0 amide bonds. The largest absolute Gasteiger partial charge is 0.472 e. The average molecular weight is 426 g/mol. The minimum atomic E-state index is -0.547. The summed E-state index contributed by atoms with van der Waals surface area (Å²) in [5, 5.41) is 7.68. The van der Waals surface area contributed by atoms with E-state index in [0.29, 0.717) is 46.4 Å². The summed E-state index contributed by atoms with van der Waals surface area (Å²) in [6.07, 6.45) is 0.832. The van der Waals surface area contributed by atoms with Crippen molar-refractivity contribution in [3.05, 3.63) is 16.5 Å². The third kappa shape index (κ3) is 4.67. The summed E-state index contributed by atoms with van der Waals surface area (Å²) in [6.45, 7) is 12.8. The molecule has 0 fully saturated rings. The van der Waals surface area contributed by atoms with Gasteiger partial charge in [0.15, 0.2) is 11.0 Å². The second-order valence-corrected chi connectivity index (χ2v) is 7.72. The number of aromatic nitrogens is 2. The Morgan fingerprint density at radius 1 is 1.28 bits per heavy atom. The molecular weight excluding hydrogens is 393 g/mol. The topological polar surface area (TPSA) is 62.3 Å². The molecular formula is C21H33ClFN5O. The van der Waals surface area contributed by atoms with Crippen LogP contribution in [0.4, 0.5) is 16.0 Å². The van der Waals surface area contributed by atoms with E-state index in [1.807, 2.05) is 46.7 Å². The average Bonchev–Trinajstić information content (AvgIpc) is 2.82. The molecule has 0 aromatic carbocycles. The van der Waals surface area contributed by atoms with Crippen molar-refractivity contribution >= 4 is 34.0 Å². The fourth-order valence-electron chi connectivity index (χ4n) is 3.31. The highest BCUT2D eigenvalue weighted by molar-refractivity contribution is 6.30. The number of nitrogens with one attached hydrogen (secondary N) is 2. The molecule has 1 aliphatic rings. The van der Waals surface area contributed by atoms with Crippen LogP contribution >= 0.6 is 11.6 Å². The Labute approximate surface area is 178 Å². The van der Waals surface area contributed by atoms with Gasteiger partial charge >= 0.3 is 0 Å². The highest BCUT2D eigenvalue weighted by Crippen LogP contribution is 2.41. The minimum absolute atomic E-state index is 0.0524. The fraction of sp³-hybridized carbons (Fsp3) is 0.619. The molecule has 0 saturated carbocycles. The number of rotatable bonds is 5. The zero-order chi connectivity index (χ0) is 21.9. The Bertz CT molecular complexity index is 861. The zero-order valence-electron chi connectivity index (χ0n) is 18.7. The SMILES string of the molecule is CC.CCC(C)NCC1Nc2nc(N(C)C)c(C)c3c(F)c(Cl)nc(c23)OC1C. The number of nitrogens with zero attached hydrogens (tertiary/aromatic N) is 3. The lowest BCUT2D eigenvalue weighted by Gasteiger charge is -2.25. The van der Waals surface area contributed by atoms with Gasteiger partial charge in [0, 0.05) is 37.6 Å².